The van der Waals surface area contributed by atoms with E-state index in [4.69, 9.17) is 0 Å². The number of hydrogen-bond acceptors (Lipinski definition) is 1. The van der Waals surface area contributed by atoms with Crippen molar-refractivity contribution in [3.05, 3.63) is 0 Å². The Morgan fingerprint density at radius 2 is 1.22 bits per heavy atom. The minimum absolute atomic E-state index is 0. The number of rotatable bonds is 10. The molecular formula is C15H32BrNS. The first kappa shape index (κ1) is 18.8. The second kappa shape index (κ2) is 11.6. The van der Waals surface area contributed by atoms with Crippen LogP contribution in [-0.4, -0.2) is 36.9 Å². The molecule has 0 saturated carbocycles. The van der Waals surface area contributed by atoms with Crippen LogP contribution in [0.1, 0.15) is 64.2 Å². The van der Waals surface area contributed by atoms with Gasteiger partial charge in [0.05, 0.1) is 26.7 Å². The van der Waals surface area contributed by atoms with Crippen LogP contribution in [0.2, 0.25) is 0 Å². The van der Waals surface area contributed by atoms with Crippen molar-refractivity contribution in [1.82, 2.24) is 0 Å². The Bertz CT molecular complexity index is 181. The van der Waals surface area contributed by atoms with Gasteiger partial charge >= 0.3 is 0 Å². The quantitative estimate of drug-likeness (QED) is 0.346. The van der Waals surface area contributed by atoms with Crippen LogP contribution in [-0.2, 0) is 0 Å². The lowest BCUT2D eigenvalue weighted by molar-refractivity contribution is -0.897. The standard InChI is InChI=1S/C15H31NS.BrH/c1-16(13-9-10-14-16)12-8-6-4-2-3-5-7-11-15-17;/h2-15H2,1H3;1H. The maximum atomic E-state index is 4.24. The normalized spacial score (nSPS) is 17.7. The van der Waals surface area contributed by atoms with Gasteiger partial charge in [-0.05, 0) is 25.0 Å². The van der Waals surface area contributed by atoms with Gasteiger partial charge in [-0.15, -0.1) is 0 Å². The molecule has 3 heteroatoms. The van der Waals surface area contributed by atoms with Crippen molar-refractivity contribution in [2.75, 3.05) is 32.4 Å². The third-order valence-electron chi connectivity index (χ3n) is 4.25. The van der Waals surface area contributed by atoms with E-state index < -0.39 is 0 Å². The number of unbranched alkanes of at least 4 members (excludes halogenated alkanes) is 7. The molecule has 110 valence electrons. The first-order valence-corrected chi connectivity index (χ1v) is 8.34. The van der Waals surface area contributed by atoms with Gasteiger partial charge in [0.25, 0.3) is 0 Å². The summed E-state index contributed by atoms with van der Waals surface area (Å²) in [7, 11) is 2.45. The van der Waals surface area contributed by atoms with Crippen LogP contribution < -0.4 is 17.0 Å². The lowest BCUT2D eigenvalue weighted by Gasteiger charge is -2.29. The van der Waals surface area contributed by atoms with E-state index in [-0.39, 0.29) is 17.0 Å². The third-order valence-corrected chi connectivity index (χ3v) is 4.57. The van der Waals surface area contributed by atoms with E-state index in [1.165, 1.54) is 88.3 Å². The van der Waals surface area contributed by atoms with E-state index in [0.717, 1.165) is 5.75 Å². The molecule has 0 aliphatic carbocycles. The van der Waals surface area contributed by atoms with Crippen LogP contribution in [0.4, 0.5) is 0 Å². The number of quaternary nitrogens is 1. The lowest BCUT2D eigenvalue weighted by Crippen LogP contribution is -3.00. The minimum Gasteiger partial charge on any atom is -1.00 e. The second-order valence-corrected chi connectivity index (χ2v) is 6.50. The SMILES string of the molecule is C[N+]1(CCCCCCCCCCS)CCCC1.[Br-]. The Morgan fingerprint density at radius 3 is 1.72 bits per heavy atom. The minimum atomic E-state index is 0. The van der Waals surface area contributed by atoms with Crippen LogP contribution in [0.15, 0.2) is 0 Å². The van der Waals surface area contributed by atoms with E-state index in [9.17, 15) is 0 Å². The Balaban J connectivity index is 0.00000289. The molecule has 18 heavy (non-hydrogen) atoms. The fraction of sp³-hybridized carbons (Fsp3) is 1.00. The van der Waals surface area contributed by atoms with E-state index >= 15 is 0 Å². The monoisotopic (exact) mass is 337 g/mol. The van der Waals surface area contributed by atoms with Gasteiger partial charge in [0.2, 0.25) is 0 Å². The predicted molar refractivity (Wildman–Crippen MR) is 80.8 cm³/mol. The molecule has 0 N–H and O–H groups in total. The predicted octanol–water partition coefficient (Wildman–Crippen LogP) is 1.28. The summed E-state index contributed by atoms with van der Waals surface area (Å²) in [5.41, 5.74) is 0. The van der Waals surface area contributed by atoms with Gasteiger partial charge in [-0.1, -0.05) is 32.1 Å². The molecule has 0 atom stereocenters. The summed E-state index contributed by atoms with van der Waals surface area (Å²) in [6, 6.07) is 0. The number of halogens is 1. The molecule has 1 aliphatic heterocycles. The van der Waals surface area contributed by atoms with Gasteiger partial charge < -0.3 is 21.5 Å². The summed E-state index contributed by atoms with van der Waals surface area (Å²) in [4.78, 5) is 0. The number of thiol groups is 1. The van der Waals surface area contributed by atoms with Gasteiger partial charge in [0.15, 0.2) is 0 Å². The largest absolute Gasteiger partial charge is 1.00 e. The molecule has 0 spiro atoms. The molecule has 1 heterocycles. The lowest BCUT2D eigenvalue weighted by atomic mass is 10.1. The zero-order chi connectivity index (χ0) is 12.4. The molecule has 0 radical (unpaired) electrons. The van der Waals surface area contributed by atoms with Crippen molar-refractivity contribution in [2.45, 2.75) is 64.2 Å². The molecule has 1 rings (SSSR count). The van der Waals surface area contributed by atoms with Crippen molar-refractivity contribution >= 4 is 12.6 Å². The van der Waals surface area contributed by atoms with Crippen LogP contribution in [0.3, 0.4) is 0 Å². The van der Waals surface area contributed by atoms with E-state index in [0.29, 0.717) is 0 Å². The van der Waals surface area contributed by atoms with Crippen LogP contribution in [0.25, 0.3) is 0 Å². The highest BCUT2D eigenvalue weighted by Gasteiger charge is 2.25. The van der Waals surface area contributed by atoms with Gasteiger partial charge in [-0.3, -0.25) is 0 Å². The average molecular weight is 338 g/mol. The summed E-state index contributed by atoms with van der Waals surface area (Å²) in [6.07, 6.45) is 14.3. The maximum absolute atomic E-state index is 4.24. The molecule has 0 bridgehead atoms. The first-order valence-electron chi connectivity index (χ1n) is 7.71. The van der Waals surface area contributed by atoms with Crippen molar-refractivity contribution < 1.29 is 21.5 Å². The van der Waals surface area contributed by atoms with Crippen LogP contribution in [0.5, 0.6) is 0 Å². The molecule has 0 unspecified atom stereocenters. The highest BCUT2D eigenvalue weighted by molar-refractivity contribution is 7.80. The molecule has 1 saturated heterocycles. The third kappa shape index (κ3) is 8.82. The number of hydrogen-bond donors (Lipinski definition) is 1. The van der Waals surface area contributed by atoms with Crippen molar-refractivity contribution in [1.29, 1.82) is 0 Å². The molecule has 0 aromatic heterocycles. The highest BCUT2D eigenvalue weighted by Crippen LogP contribution is 2.18. The Morgan fingerprint density at radius 1 is 0.778 bits per heavy atom. The second-order valence-electron chi connectivity index (χ2n) is 6.05. The van der Waals surface area contributed by atoms with Gasteiger partial charge in [-0.2, -0.15) is 12.6 Å². The van der Waals surface area contributed by atoms with E-state index in [2.05, 4.69) is 19.7 Å². The number of likely N-dealkylation sites (tertiary alicyclic amines) is 1. The molecular weight excluding hydrogens is 306 g/mol. The number of nitrogens with zero attached hydrogens (tertiary/aromatic N) is 1. The van der Waals surface area contributed by atoms with Gasteiger partial charge in [0.1, 0.15) is 0 Å². The molecule has 0 amide bonds. The van der Waals surface area contributed by atoms with Gasteiger partial charge in [0, 0.05) is 12.8 Å². The molecule has 1 fully saturated rings. The maximum Gasteiger partial charge on any atom is 0.0786 e. The van der Waals surface area contributed by atoms with Crippen LogP contribution >= 0.6 is 12.6 Å². The van der Waals surface area contributed by atoms with Crippen molar-refractivity contribution in [3.8, 4) is 0 Å². The van der Waals surface area contributed by atoms with E-state index in [1.807, 2.05) is 0 Å². The van der Waals surface area contributed by atoms with Crippen molar-refractivity contribution in [3.63, 3.8) is 0 Å². The van der Waals surface area contributed by atoms with Crippen molar-refractivity contribution in [2.24, 2.45) is 0 Å². The van der Waals surface area contributed by atoms with E-state index in [1.54, 1.807) is 0 Å². The topological polar surface area (TPSA) is 0 Å². The summed E-state index contributed by atoms with van der Waals surface area (Å²) < 4.78 is 1.36. The summed E-state index contributed by atoms with van der Waals surface area (Å²) in [5.74, 6) is 1.07. The Kier molecular flexibility index (Phi) is 12.1. The average Bonchev–Trinajstić information content (AvgIpc) is 2.74. The highest BCUT2D eigenvalue weighted by atomic mass is 79.9. The molecule has 0 aromatic rings. The summed E-state index contributed by atoms with van der Waals surface area (Å²) in [5, 5.41) is 0. The smallest absolute Gasteiger partial charge is 0.0786 e. The molecule has 1 aliphatic rings. The zero-order valence-electron chi connectivity index (χ0n) is 12.2. The van der Waals surface area contributed by atoms with Crippen LogP contribution in [0, 0.1) is 0 Å². The summed E-state index contributed by atoms with van der Waals surface area (Å²) in [6.45, 7) is 4.30. The molecule has 0 aromatic carbocycles. The Labute approximate surface area is 130 Å². The first-order chi connectivity index (χ1) is 8.27. The summed E-state index contributed by atoms with van der Waals surface area (Å²) >= 11 is 4.24. The Hall–Kier alpha value is 0.790. The fourth-order valence-electron chi connectivity index (χ4n) is 2.99. The molecule has 1 nitrogen and oxygen atoms in total. The zero-order valence-corrected chi connectivity index (χ0v) is 14.7. The van der Waals surface area contributed by atoms with Gasteiger partial charge in [-0.25, -0.2) is 0 Å². The fourth-order valence-corrected chi connectivity index (χ4v) is 3.21.